The number of halogens is 1. The molecule has 1 unspecified atom stereocenters. The Morgan fingerprint density at radius 1 is 1.03 bits per heavy atom. The van der Waals surface area contributed by atoms with Gasteiger partial charge in [-0.05, 0) is 30.5 Å². The average Bonchev–Trinajstić information content (AvgIpc) is 3.50. The summed E-state index contributed by atoms with van der Waals surface area (Å²) >= 11 is 0. The van der Waals surface area contributed by atoms with E-state index < -0.39 is 21.1 Å². The highest BCUT2D eigenvalue weighted by Gasteiger charge is 2.27. The smallest absolute Gasteiger partial charge is 0.243 e. The van der Waals surface area contributed by atoms with Crippen LogP contribution in [0.15, 0.2) is 77.7 Å². The number of hydrogen-bond acceptors (Lipinski definition) is 7. The molecule has 11 heteroatoms. The van der Waals surface area contributed by atoms with E-state index in [1.807, 2.05) is 42.5 Å². The number of nitrogens with zero attached hydrogens (tertiary/aromatic N) is 5. The minimum atomic E-state index is -3.94. The van der Waals surface area contributed by atoms with Gasteiger partial charge in [0.1, 0.15) is 5.82 Å². The van der Waals surface area contributed by atoms with Crippen molar-refractivity contribution in [1.82, 2.24) is 24.7 Å². The number of furan rings is 1. The fourth-order valence-corrected chi connectivity index (χ4v) is 4.54. The second kappa shape index (κ2) is 8.67. The molecule has 5 aromatic rings. The van der Waals surface area contributed by atoms with E-state index in [2.05, 4.69) is 24.9 Å². The van der Waals surface area contributed by atoms with Crippen LogP contribution in [0.25, 0.3) is 28.0 Å². The number of anilines is 1. The van der Waals surface area contributed by atoms with Crippen LogP contribution in [0.5, 0.6) is 0 Å². The van der Waals surface area contributed by atoms with Crippen molar-refractivity contribution >= 4 is 26.7 Å². The van der Waals surface area contributed by atoms with E-state index in [0.717, 1.165) is 23.2 Å². The summed E-state index contributed by atoms with van der Waals surface area (Å²) in [5, 5.41) is 9.25. The fraction of sp³-hybridized carbons (Fsp3) is 0.130. The highest BCUT2D eigenvalue weighted by molar-refractivity contribution is 7.93. The first-order valence-corrected chi connectivity index (χ1v) is 11.9. The normalized spacial score (nSPS) is 12.6. The Bertz CT molecular complexity index is 1540. The fourth-order valence-electron chi connectivity index (χ4n) is 3.59. The van der Waals surface area contributed by atoms with Crippen LogP contribution >= 0.6 is 0 Å². The van der Waals surface area contributed by atoms with Crippen molar-refractivity contribution < 1.29 is 17.2 Å². The summed E-state index contributed by atoms with van der Waals surface area (Å²) in [5.74, 6) is 0.402. The molecule has 0 aliphatic rings. The van der Waals surface area contributed by atoms with Gasteiger partial charge in [-0.15, -0.1) is 10.2 Å². The molecule has 0 fully saturated rings. The molecule has 1 atom stereocenters. The molecular formula is C23H19FN6O3S. The molecule has 9 nitrogen and oxygen atoms in total. The molecule has 5 rings (SSSR count). The Labute approximate surface area is 194 Å². The molecule has 172 valence electrons. The maximum absolute atomic E-state index is 13.2. The number of benzene rings is 2. The predicted molar refractivity (Wildman–Crippen MR) is 124 cm³/mol. The van der Waals surface area contributed by atoms with Gasteiger partial charge in [-0.25, -0.2) is 22.8 Å². The van der Waals surface area contributed by atoms with Crippen molar-refractivity contribution in [2.45, 2.75) is 18.6 Å². The van der Waals surface area contributed by atoms with Gasteiger partial charge >= 0.3 is 0 Å². The molecule has 0 saturated heterocycles. The highest BCUT2D eigenvalue weighted by Crippen LogP contribution is 2.31. The first-order chi connectivity index (χ1) is 16.4. The lowest BCUT2D eigenvalue weighted by atomic mass is 10.1. The van der Waals surface area contributed by atoms with Crippen molar-refractivity contribution in [3.05, 3.63) is 84.9 Å². The van der Waals surface area contributed by atoms with Gasteiger partial charge in [0.2, 0.25) is 21.8 Å². The summed E-state index contributed by atoms with van der Waals surface area (Å²) in [4.78, 5) is 7.70. The van der Waals surface area contributed by atoms with Crippen molar-refractivity contribution in [2.75, 3.05) is 4.72 Å². The van der Waals surface area contributed by atoms with Crippen LogP contribution in [-0.2, 0) is 16.4 Å². The first-order valence-electron chi connectivity index (χ1n) is 10.4. The molecule has 3 heterocycles. The molecular weight excluding hydrogens is 459 g/mol. The maximum atomic E-state index is 13.2. The predicted octanol–water partition coefficient (Wildman–Crippen LogP) is 3.98. The minimum Gasteiger partial charge on any atom is -0.461 e. The summed E-state index contributed by atoms with van der Waals surface area (Å²) in [6.45, 7) is 1.51. The Morgan fingerprint density at radius 3 is 2.56 bits per heavy atom. The standard InChI is InChI=1S/C23H19FN6O3S/c1-15(12-21-25-13-17(24)14-26-21)34(31,32)29-23-28-27-22(20-10-5-11-33-20)30(23)19-9-4-7-16-6-2-3-8-18(16)19/h2-11,13-15H,12H2,1H3,(H,28,29). The van der Waals surface area contributed by atoms with Gasteiger partial charge in [0.15, 0.2) is 11.6 Å². The molecule has 0 amide bonds. The third kappa shape index (κ3) is 4.13. The lowest BCUT2D eigenvalue weighted by Crippen LogP contribution is -2.29. The molecule has 1 N–H and O–H groups in total. The minimum absolute atomic E-state index is 0.00891. The number of fused-ring (bicyclic) bond motifs is 1. The van der Waals surface area contributed by atoms with Crippen LogP contribution in [0.4, 0.5) is 10.3 Å². The van der Waals surface area contributed by atoms with Gasteiger partial charge in [-0.3, -0.25) is 9.29 Å². The van der Waals surface area contributed by atoms with Gasteiger partial charge in [-0.1, -0.05) is 36.4 Å². The first kappa shape index (κ1) is 21.7. The zero-order valence-corrected chi connectivity index (χ0v) is 18.8. The van der Waals surface area contributed by atoms with Crippen molar-refractivity contribution in [1.29, 1.82) is 0 Å². The van der Waals surface area contributed by atoms with E-state index in [4.69, 9.17) is 4.42 Å². The van der Waals surface area contributed by atoms with Crippen LogP contribution in [-0.4, -0.2) is 38.4 Å². The summed E-state index contributed by atoms with van der Waals surface area (Å²) < 4.78 is 49.1. The highest BCUT2D eigenvalue weighted by atomic mass is 32.2. The van der Waals surface area contributed by atoms with Gasteiger partial charge in [-0.2, -0.15) is 0 Å². The Morgan fingerprint density at radius 2 is 1.79 bits per heavy atom. The second-order valence-corrected chi connectivity index (χ2v) is 9.74. The molecule has 0 aliphatic carbocycles. The third-order valence-corrected chi connectivity index (χ3v) is 7.01. The van der Waals surface area contributed by atoms with E-state index in [-0.39, 0.29) is 18.2 Å². The van der Waals surface area contributed by atoms with Crippen molar-refractivity contribution in [3.63, 3.8) is 0 Å². The number of rotatable bonds is 7. The molecule has 3 aromatic heterocycles. The molecule has 0 saturated carbocycles. The van der Waals surface area contributed by atoms with Crippen LogP contribution < -0.4 is 4.72 Å². The van der Waals surface area contributed by atoms with Crippen LogP contribution in [0.2, 0.25) is 0 Å². The summed E-state index contributed by atoms with van der Waals surface area (Å²) in [6, 6.07) is 16.8. The van der Waals surface area contributed by atoms with Crippen LogP contribution in [0.3, 0.4) is 0 Å². The van der Waals surface area contributed by atoms with E-state index in [0.29, 0.717) is 17.3 Å². The molecule has 2 aromatic carbocycles. The van der Waals surface area contributed by atoms with Crippen LogP contribution in [0.1, 0.15) is 12.7 Å². The average molecular weight is 479 g/mol. The lowest BCUT2D eigenvalue weighted by Gasteiger charge is -2.16. The number of hydrogen-bond donors (Lipinski definition) is 1. The van der Waals surface area contributed by atoms with Gasteiger partial charge in [0.25, 0.3) is 0 Å². The van der Waals surface area contributed by atoms with E-state index >= 15 is 0 Å². The SMILES string of the molecule is CC(Cc1ncc(F)cn1)S(=O)(=O)Nc1nnc(-c2ccco2)n1-c1cccc2ccccc12. The topological polar surface area (TPSA) is 116 Å². The van der Waals surface area contributed by atoms with Gasteiger partial charge in [0.05, 0.1) is 29.6 Å². The zero-order valence-electron chi connectivity index (χ0n) is 18.0. The number of nitrogens with one attached hydrogen (secondary N) is 1. The Balaban J connectivity index is 1.56. The molecule has 0 radical (unpaired) electrons. The van der Waals surface area contributed by atoms with Gasteiger partial charge < -0.3 is 4.42 Å². The number of sulfonamides is 1. The third-order valence-electron chi connectivity index (χ3n) is 5.32. The van der Waals surface area contributed by atoms with E-state index in [9.17, 15) is 12.8 Å². The monoisotopic (exact) mass is 478 g/mol. The Kier molecular flexibility index (Phi) is 5.54. The van der Waals surface area contributed by atoms with E-state index in [1.54, 1.807) is 16.7 Å². The zero-order chi connectivity index (χ0) is 23.7. The molecule has 0 bridgehead atoms. The quantitative estimate of drug-likeness (QED) is 0.376. The summed E-state index contributed by atoms with van der Waals surface area (Å²) in [7, 11) is -3.94. The molecule has 0 aliphatic heterocycles. The largest absolute Gasteiger partial charge is 0.461 e. The van der Waals surface area contributed by atoms with Crippen LogP contribution in [0, 0.1) is 5.82 Å². The lowest BCUT2D eigenvalue weighted by molar-refractivity contribution is 0.575. The number of aromatic nitrogens is 5. The second-order valence-electron chi connectivity index (χ2n) is 7.64. The maximum Gasteiger partial charge on any atom is 0.243 e. The van der Waals surface area contributed by atoms with Gasteiger partial charge in [0, 0.05) is 11.8 Å². The van der Waals surface area contributed by atoms with E-state index in [1.165, 1.54) is 13.2 Å². The van der Waals surface area contributed by atoms with Crippen molar-refractivity contribution in [2.24, 2.45) is 0 Å². The van der Waals surface area contributed by atoms with Crippen molar-refractivity contribution in [3.8, 4) is 17.3 Å². The summed E-state index contributed by atoms with van der Waals surface area (Å²) in [5.41, 5.74) is 0.682. The Hall–Kier alpha value is -4.12. The molecule has 0 spiro atoms. The molecule has 34 heavy (non-hydrogen) atoms. The summed E-state index contributed by atoms with van der Waals surface area (Å²) in [6.07, 6.45) is 3.50.